The Morgan fingerprint density at radius 3 is 2.56 bits per heavy atom. The minimum absolute atomic E-state index is 0.0836. The van der Waals surface area contributed by atoms with Crippen LogP contribution in [-0.2, 0) is 4.79 Å². The molecule has 0 bridgehead atoms. The molecule has 0 atom stereocenters. The molecule has 5 nitrogen and oxygen atoms in total. The summed E-state index contributed by atoms with van der Waals surface area (Å²) in [5.74, 6) is 0.246. The second-order valence-corrected chi connectivity index (χ2v) is 7.72. The molecule has 1 aromatic rings. The zero-order valence-electron chi connectivity index (χ0n) is 15.1. The standard InChI is InChI=1S/C18H27Cl2N3O2/c1-4-22-7-9-23(10-8-22)18(2,3)13-21-17(24)12-25-16-11-14(19)5-6-15(16)20/h5-6,11H,4,7-10,12-13H2,1-3H3,(H,21,24). The van der Waals surface area contributed by atoms with Crippen LogP contribution >= 0.6 is 23.2 Å². The van der Waals surface area contributed by atoms with Gasteiger partial charge in [-0.1, -0.05) is 30.1 Å². The zero-order valence-corrected chi connectivity index (χ0v) is 16.7. The van der Waals surface area contributed by atoms with E-state index in [4.69, 9.17) is 27.9 Å². The molecule has 1 saturated heterocycles. The molecular formula is C18H27Cl2N3O2. The summed E-state index contributed by atoms with van der Waals surface area (Å²) in [7, 11) is 0. The van der Waals surface area contributed by atoms with Gasteiger partial charge in [-0.3, -0.25) is 9.69 Å². The van der Waals surface area contributed by atoms with Crippen LogP contribution in [0, 0.1) is 0 Å². The quantitative estimate of drug-likeness (QED) is 0.780. The van der Waals surface area contributed by atoms with Crippen molar-refractivity contribution in [1.29, 1.82) is 0 Å². The maximum atomic E-state index is 12.1. The highest BCUT2D eigenvalue weighted by Gasteiger charge is 2.29. The van der Waals surface area contributed by atoms with E-state index in [1.807, 2.05) is 0 Å². The first-order valence-electron chi connectivity index (χ1n) is 8.64. The Bertz CT molecular complexity index is 588. The monoisotopic (exact) mass is 387 g/mol. The fourth-order valence-electron chi connectivity index (χ4n) is 2.88. The topological polar surface area (TPSA) is 44.8 Å². The number of amides is 1. The lowest BCUT2D eigenvalue weighted by Crippen LogP contribution is -2.58. The van der Waals surface area contributed by atoms with Gasteiger partial charge in [0.2, 0.25) is 0 Å². The minimum Gasteiger partial charge on any atom is -0.482 e. The lowest BCUT2D eigenvalue weighted by Gasteiger charge is -2.44. The van der Waals surface area contributed by atoms with Crippen molar-refractivity contribution in [3.8, 4) is 5.75 Å². The van der Waals surface area contributed by atoms with Gasteiger partial charge in [0.1, 0.15) is 5.75 Å². The van der Waals surface area contributed by atoms with Crippen LogP contribution in [0.25, 0.3) is 0 Å². The highest BCUT2D eigenvalue weighted by Crippen LogP contribution is 2.27. The molecule has 0 aliphatic carbocycles. The Morgan fingerprint density at radius 2 is 1.92 bits per heavy atom. The first-order valence-corrected chi connectivity index (χ1v) is 9.39. The van der Waals surface area contributed by atoms with E-state index in [1.165, 1.54) is 0 Å². The maximum Gasteiger partial charge on any atom is 0.258 e. The lowest BCUT2D eigenvalue weighted by molar-refractivity contribution is -0.123. The summed E-state index contributed by atoms with van der Waals surface area (Å²) in [6.07, 6.45) is 0. The highest BCUT2D eigenvalue weighted by atomic mass is 35.5. The van der Waals surface area contributed by atoms with Crippen LogP contribution in [0.15, 0.2) is 18.2 Å². The van der Waals surface area contributed by atoms with Gasteiger partial charge in [0.15, 0.2) is 6.61 Å². The van der Waals surface area contributed by atoms with Crippen LogP contribution in [0.3, 0.4) is 0 Å². The predicted molar refractivity (Wildman–Crippen MR) is 103 cm³/mol. The van der Waals surface area contributed by atoms with E-state index in [1.54, 1.807) is 18.2 Å². The lowest BCUT2D eigenvalue weighted by atomic mass is 10.0. The Balaban J connectivity index is 1.78. The Labute approximate surface area is 160 Å². The summed E-state index contributed by atoms with van der Waals surface area (Å²) in [6, 6.07) is 4.93. The molecule has 140 valence electrons. The number of benzene rings is 1. The van der Waals surface area contributed by atoms with Crippen molar-refractivity contribution in [2.45, 2.75) is 26.3 Å². The number of nitrogens with zero attached hydrogens (tertiary/aromatic N) is 2. The van der Waals surface area contributed by atoms with Crippen LogP contribution in [0.4, 0.5) is 0 Å². The van der Waals surface area contributed by atoms with Gasteiger partial charge >= 0.3 is 0 Å². The second kappa shape index (κ2) is 9.08. The van der Waals surface area contributed by atoms with Gasteiger partial charge in [-0.15, -0.1) is 0 Å². The van der Waals surface area contributed by atoms with Gasteiger partial charge in [0.05, 0.1) is 5.02 Å². The summed E-state index contributed by atoms with van der Waals surface area (Å²) in [5, 5.41) is 3.91. The molecule has 1 aliphatic heterocycles. The normalized spacial score (nSPS) is 16.7. The molecule has 7 heteroatoms. The van der Waals surface area contributed by atoms with Crippen molar-refractivity contribution >= 4 is 29.1 Å². The van der Waals surface area contributed by atoms with Crippen molar-refractivity contribution in [2.24, 2.45) is 0 Å². The number of ether oxygens (including phenoxy) is 1. The highest BCUT2D eigenvalue weighted by molar-refractivity contribution is 6.34. The molecule has 1 aliphatic rings. The molecule has 25 heavy (non-hydrogen) atoms. The van der Waals surface area contributed by atoms with E-state index >= 15 is 0 Å². The number of likely N-dealkylation sites (N-methyl/N-ethyl adjacent to an activating group) is 1. The van der Waals surface area contributed by atoms with Gasteiger partial charge in [-0.2, -0.15) is 0 Å². The summed E-state index contributed by atoms with van der Waals surface area (Å²) in [4.78, 5) is 17.0. The molecule has 0 unspecified atom stereocenters. The number of carbonyl (C=O) groups is 1. The average Bonchev–Trinajstić information content (AvgIpc) is 2.61. The number of halogens is 2. The number of hydrogen-bond donors (Lipinski definition) is 1. The first-order chi connectivity index (χ1) is 11.8. The largest absolute Gasteiger partial charge is 0.482 e. The van der Waals surface area contributed by atoms with Gasteiger partial charge in [0.25, 0.3) is 5.91 Å². The average molecular weight is 388 g/mol. The Kier molecular flexibility index (Phi) is 7.37. The molecule has 1 N–H and O–H groups in total. The van der Waals surface area contributed by atoms with E-state index in [9.17, 15) is 4.79 Å². The minimum atomic E-state index is -0.170. The third kappa shape index (κ3) is 6.03. The number of hydrogen-bond acceptors (Lipinski definition) is 4. The summed E-state index contributed by atoms with van der Waals surface area (Å²) in [6.45, 7) is 12.3. The number of rotatable bonds is 7. The zero-order chi connectivity index (χ0) is 18.4. The van der Waals surface area contributed by atoms with Crippen molar-refractivity contribution in [3.05, 3.63) is 28.2 Å². The summed E-state index contributed by atoms with van der Waals surface area (Å²) < 4.78 is 5.47. The van der Waals surface area contributed by atoms with E-state index in [-0.39, 0.29) is 18.1 Å². The second-order valence-electron chi connectivity index (χ2n) is 6.87. The Morgan fingerprint density at radius 1 is 1.24 bits per heavy atom. The number of nitrogens with one attached hydrogen (secondary N) is 1. The molecule has 1 heterocycles. The molecule has 0 aromatic heterocycles. The Hall–Kier alpha value is -1.01. The van der Waals surface area contributed by atoms with Crippen LogP contribution in [0.5, 0.6) is 5.75 Å². The third-order valence-electron chi connectivity index (χ3n) is 4.65. The van der Waals surface area contributed by atoms with Crippen molar-refractivity contribution in [1.82, 2.24) is 15.1 Å². The van der Waals surface area contributed by atoms with Crippen LogP contribution in [0.2, 0.25) is 10.0 Å². The summed E-state index contributed by atoms with van der Waals surface area (Å²) >= 11 is 11.9. The van der Waals surface area contributed by atoms with E-state index < -0.39 is 0 Å². The maximum absolute atomic E-state index is 12.1. The number of piperazine rings is 1. The molecule has 2 rings (SSSR count). The van der Waals surface area contributed by atoms with Crippen LogP contribution in [0.1, 0.15) is 20.8 Å². The fourth-order valence-corrected chi connectivity index (χ4v) is 3.21. The molecular weight excluding hydrogens is 361 g/mol. The third-order valence-corrected chi connectivity index (χ3v) is 5.19. The predicted octanol–water partition coefficient (Wildman–Crippen LogP) is 2.90. The van der Waals surface area contributed by atoms with Crippen molar-refractivity contribution < 1.29 is 9.53 Å². The van der Waals surface area contributed by atoms with Gasteiger partial charge in [-0.25, -0.2) is 0 Å². The SMILES string of the molecule is CCN1CCN(C(C)(C)CNC(=O)COc2cc(Cl)ccc2Cl)CC1. The molecule has 1 fully saturated rings. The molecule has 0 spiro atoms. The molecule has 0 radical (unpaired) electrons. The number of carbonyl (C=O) groups excluding carboxylic acids is 1. The van der Waals surface area contributed by atoms with E-state index in [0.717, 1.165) is 32.7 Å². The summed E-state index contributed by atoms with van der Waals surface area (Å²) in [5.41, 5.74) is -0.0941. The van der Waals surface area contributed by atoms with Crippen LogP contribution in [-0.4, -0.2) is 67.1 Å². The fraction of sp³-hybridized carbons (Fsp3) is 0.611. The van der Waals surface area contributed by atoms with Gasteiger partial charge < -0.3 is 15.0 Å². The van der Waals surface area contributed by atoms with Crippen molar-refractivity contribution in [3.63, 3.8) is 0 Å². The van der Waals surface area contributed by atoms with Crippen molar-refractivity contribution in [2.75, 3.05) is 45.9 Å². The molecule has 1 aromatic carbocycles. The smallest absolute Gasteiger partial charge is 0.258 e. The van der Waals surface area contributed by atoms with Gasteiger partial charge in [0, 0.05) is 49.4 Å². The molecule has 1 amide bonds. The van der Waals surface area contributed by atoms with E-state index in [2.05, 4.69) is 35.9 Å². The first kappa shape index (κ1) is 20.3. The van der Waals surface area contributed by atoms with E-state index in [0.29, 0.717) is 22.3 Å². The molecule has 0 saturated carbocycles. The van der Waals surface area contributed by atoms with Crippen LogP contribution < -0.4 is 10.1 Å². The van der Waals surface area contributed by atoms with Gasteiger partial charge in [-0.05, 0) is 32.5 Å².